The minimum Gasteiger partial charge on any atom is -0.504 e. The van der Waals surface area contributed by atoms with Gasteiger partial charge < -0.3 is 30.4 Å². The van der Waals surface area contributed by atoms with E-state index in [4.69, 9.17) is 15.1 Å². The number of aliphatic hydroxyl groups excluding tert-OH is 1. The van der Waals surface area contributed by atoms with Crippen LogP contribution >= 0.6 is 0 Å². The van der Waals surface area contributed by atoms with Crippen LogP contribution in [0.25, 0.3) is 5.76 Å². The van der Waals surface area contributed by atoms with Crippen molar-refractivity contribution in [1.29, 1.82) is 5.41 Å². The number of aromatic nitrogens is 2. The highest BCUT2D eigenvalue weighted by Gasteiger charge is 2.47. The number of likely N-dealkylation sites (tertiary alicyclic amines) is 1. The molecule has 0 aromatic carbocycles. The van der Waals surface area contributed by atoms with Crippen molar-refractivity contribution in [3.63, 3.8) is 0 Å². The second-order valence-corrected chi connectivity index (χ2v) is 11.9. The summed E-state index contributed by atoms with van der Waals surface area (Å²) in [5, 5.41) is 24.2. The summed E-state index contributed by atoms with van der Waals surface area (Å²) in [6.45, 7) is 7.48. The number of nitrogens with zero attached hydrogens (tertiary/aromatic N) is 4. The van der Waals surface area contributed by atoms with Crippen LogP contribution in [0.3, 0.4) is 0 Å². The summed E-state index contributed by atoms with van der Waals surface area (Å²) in [4.78, 5) is 26.7. The van der Waals surface area contributed by atoms with Gasteiger partial charge in [-0.15, -0.1) is 0 Å². The molecule has 1 aromatic heterocycles. The summed E-state index contributed by atoms with van der Waals surface area (Å²) >= 11 is 0. The van der Waals surface area contributed by atoms with Crippen molar-refractivity contribution in [2.45, 2.75) is 95.7 Å². The van der Waals surface area contributed by atoms with Crippen LogP contribution in [-0.4, -0.2) is 82.4 Å². The molecule has 0 amide bonds. The molecule has 3 heterocycles. The lowest BCUT2D eigenvalue weighted by Crippen LogP contribution is -2.57. The highest BCUT2D eigenvalue weighted by atomic mass is 16.5. The fourth-order valence-electron chi connectivity index (χ4n) is 6.39. The average molecular weight is 525 g/mol. The third kappa shape index (κ3) is 5.88. The van der Waals surface area contributed by atoms with Crippen LogP contribution in [-0.2, 0) is 4.79 Å². The summed E-state index contributed by atoms with van der Waals surface area (Å²) < 4.78 is 6.23. The van der Waals surface area contributed by atoms with Gasteiger partial charge in [0.2, 0.25) is 5.88 Å². The quantitative estimate of drug-likeness (QED) is 0.326. The normalized spacial score (nSPS) is 27.9. The van der Waals surface area contributed by atoms with Crippen molar-refractivity contribution in [2.75, 3.05) is 38.2 Å². The summed E-state index contributed by atoms with van der Waals surface area (Å²) in [7, 11) is 2.12. The van der Waals surface area contributed by atoms with Crippen LogP contribution in [0.2, 0.25) is 0 Å². The lowest BCUT2D eigenvalue weighted by Gasteiger charge is -2.39. The molecule has 2 saturated carbocycles. The van der Waals surface area contributed by atoms with Gasteiger partial charge in [0.05, 0.1) is 5.92 Å². The third-order valence-corrected chi connectivity index (χ3v) is 8.73. The fraction of sp³-hybridized carbons (Fsp3) is 0.724. The van der Waals surface area contributed by atoms with Crippen LogP contribution in [0.15, 0.2) is 11.6 Å². The highest BCUT2D eigenvalue weighted by Crippen LogP contribution is 2.40. The molecule has 0 bridgehead atoms. The van der Waals surface area contributed by atoms with Crippen molar-refractivity contribution in [1.82, 2.24) is 20.2 Å². The van der Waals surface area contributed by atoms with Crippen molar-refractivity contribution in [2.24, 2.45) is 5.92 Å². The van der Waals surface area contributed by atoms with E-state index in [1.54, 1.807) is 0 Å². The van der Waals surface area contributed by atoms with Gasteiger partial charge >= 0.3 is 0 Å². The number of carbonyl (C=O) groups is 1. The van der Waals surface area contributed by atoms with Crippen molar-refractivity contribution in [3.05, 3.63) is 17.5 Å². The lowest BCUT2D eigenvalue weighted by atomic mass is 9.81. The monoisotopic (exact) mass is 524 g/mol. The van der Waals surface area contributed by atoms with E-state index in [1.165, 1.54) is 0 Å². The van der Waals surface area contributed by atoms with E-state index in [-0.39, 0.29) is 28.6 Å². The van der Waals surface area contributed by atoms with Gasteiger partial charge in [0, 0.05) is 54.5 Å². The first-order valence-corrected chi connectivity index (χ1v) is 14.6. The van der Waals surface area contributed by atoms with E-state index < -0.39 is 5.92 Å². The zero-order valence-corrected chi connectivity index (χ0v) is 23.3. The number of anilines is 1. The van der Waals surface area contributed by atoms with Crippen LogP contribution in [0.5, 0.6) is 5.88 Å². The molecule has 5 rings (SSSR count). The topological polar surface area (TPSA) is 115 Å². The number of ether oxygens (including phenoxy) is 1. The third-order valence-electron chi connectivity index (χ3n) is 8.73. The molecule has 3 atom stereocenters. The molecule has 4 fully saturated rings. The number of aliphatic hydroxyl groups is 1. The second-order valence-electron chi connectivity index (χ2n) is 11.9. The van der Waals surface area contributed by atoms with E-state index in [2.05, 4.69) is 34.1 Å². The van der Waals surface area contributed by atoms with Crippen LogP contribution in [0, 0.1) is 11.3 Å². The lowest BCUT2D eigenvalue weighted by molar-refractivity contribution is -0.122. The Morgan fingerprint density at radius 2 is 2.08 bits per heavy atom. The number of piperazine rings is 1. The number of likely N-dealkylation sites (N-methyl/N-ethyl adjacent to an activating group) is 1. The predicted molar refractivity (Wildman–Crippen MR) is 149 cm³/mol. The molecular formula is C29H44N6O3. The molecule has 0 unspecified atom stereocenters. The van der Waals surface area contributed by atoms with Gasteiger partial charge in [0.15, 0.2) is 11.6 Å². The minimum absolute atomic E-state index is 0.0933. The molecule has 2 aliphatic heterocycles. The summed E-state index contributed by atoms with van der Waals surface area (Å²) in [5.41, 5.74) is 0.856. The maximum Gasteiger partial charge on any atom is 0.219 e. The second kappa shape index (κ2) is 11.3. The first-order valence-electron chi connectivity index (χ1n) is 14.6. The Balaban J connectivity index is 1.48. The summed E-state index contributed by atoms with van der Waals surface area (Å²) in [5.74, 6) is 0.935. The Labute approximate surface area is 226 Å². The predicted octanol–water partition coefficient (Wildman–Crippen LogP) is 4.13. The smallest absolute Gasteiger partial charge is 0.219 e. The van der Waals surface area contributed by atoms with Crippen LogP contribution in [0.4, 0.5) is 5.82 Å². The SMILES string of the molecule is CCC/C(C(=N)[C@H]1CCCCC1=O)=C(/O)c1nc(OC[C@@H]2CCCN2C)cc(N2C[C@H](C)NC3(CC3)C2)n1. The maximum atomic E-state index is 12.6. The zero-order chi connectivity index (χ0) is 26.9. The molecule has 2 saturated heterocycles. The van der Waals surface area contributed by atoms with Crippen molar-refractivity contribution < 1.29 is 14.6 Å². The van der Waals surface area contributed by atoms with Gasteiger partial charge in [-0.1, -0.05) is 19.8 Å². The maximum absolute atomic E-state index is 12.6. The minimum atomic E-state index is -0.451. The molecule has 2 aliphatic carbocycles. The number of nitrogens with one attached hydrogen (secondary N) is 2. The van der Waals surface area contributed by atoms with E-state index in [0.29, 0.717) is 49.4 Å². The van der Waals surface area contributed by atoms with Gasteiger partial charge in [0.1, 0.15) is 18.2 Å². The Bertz CT molecular complexity index is 1080. The fourth-order valence-corrected chi connectivity index (χ4v) is 6.39. The first-order chi connectivity index (χ1) is 18.3. The Morgan fingerprint density at radius 3 is 2.76 bits per heavy atom. The van der Waals surface area contributed by atoms with Crippen LogP contribution in [0.1, 0.15) is 83.9 Å². The molecule has 208 valence electrons. The van der Waals surface area contributed by atoms with Crippen molar-refractivity contribution >= 4 is 23.1 Å². The zero-order valence-electron chi connectivity index (χ0n) is 23.3. The highest BCUT2D eigenvalue weighted by molar-refractivity contribution is 6.14. The van der Waals surface area contributed by atoms with E-state index in [1.807, 2.05) is 13.0 Å². The van der Waals surface area contributed by atoms with E-state index in [9.17, 15) is 9.90 Å². The molecule has 0 radical (unpaired) electrons. The standard InChI is InChI=1S/C29H44N6O3/c1-4-8-22(26(30)21-10-5-6-11-23(21)36)27(37)28-31-24(35-16-19(2)33-29(18-35)12-13-29)15-25(32-28)38-17-20-9-7-14-34(20)3/h15,19-21,30,33,37H,4-14,16-18H2,1-3H3/b27-22-,30-26?/t19-,20-,21-/m0/s1. The number of carbonyl (C=O) groups excluding carboxylic acids is 1. The van der Waals surface area contributed by atoms with Crippen molar-refractivity contribution in [3.8, 4) is 5.88 Å². The number of Topliss-reactive ketones (excluding diaryl/α,β-unsaturated/α-hetero) is 1. The molecule has 1 aromatic rings. The van der Waals surface area contributed by atoms with Gasteiger partial charge in [-0.2, -0.15) is 4.98 Å². The van der Waals surface area contributed by atoms with Gasteiger partial charge in [-0.25, -0.2) is 4.98 Å². The van der Waals surface area contributed by atoms with E-state index in [0.717, 1.165) is 70.4 Å². The first kappa shape index (κ1) is 27.1. The molecule has 9 heteroatoms. The van der Waals surface area contributed by atoms with Gasteiger partial charge in [-0.05, 0) is 65.5 Å². The number of rotatable bonds is 9. The number of hydrogen-bond acceptors (Lipinski definition) is 9. The summed E-state index contributed by atoms with van der Waals surface area (Å²) in [6, 6.07) is 2.57. The molecule has 1 spiro atoms. The Kier molecular flexibility index (Phi) is 8.05. The molecule has 38 heavy (non-hydrogen) atoms. The van der Waals surface area contributed by atoms with Crippen LogP contribution < -0.4 is 15.0 Å². The Morgan fingerprint density at radius 1 is 1.26 bits per heavy atom. The molecule has 9 nitrogen and oxygen atoms in total. The molecule has 3 N–H and O–H groups in total. The number of hydrogen-bond donors (Lipinski definition) is 3. The van der Waals surface area contributed by atoms with Gasteiger partial charge in [0.25, 0.3) is 0 Å². The van der Waals surface area contributed by atoms with Gasteiger partial charge in [-0.3, -0.25) is 4.79 Å². The number of ketones is 1. The summed E-state index contributed by atoms with van der Waals surface area (Å²) in [6.07, 6.45) is 8.81. The van der Waals surface area contributed by atoms with E-state index >= 15 is 0 Å². The average Bonchev–Trinajstić information content (AvgIpc) is 3.50. The largest absolute Gasteiger partial charge is 0.504 e. The molecule has 4 aliphatic rings. The number of allylic oxidation sites excluding steroid dienone is 1. The molecular weight excluding hydrogens is 480 g/mol. The Hall–Kier alpha value is -2.52.